The molecule has 1 atom stereocenters. The first kappa shape index (κ1) is 17.2. The Bertz CT molecular complexity index is 427. The van der Waals surface area contributed by atoms with E-state index in [1.807, 2.05) is 20.8 Å². The molecule has 0 bridgehead atoms. The minimum atomic E-state index is -3.38. The Kier molecular flexibility index (Phi) is 5.82. The molecule has 0 aromatic rings. The van der Waals surface area contributed by atoms with Crippen LogP contribution in [-0.4, -0.2) is 51.0 Å². The number of rotatable bonds is 4. The molecule has 0 aromatic heterocycles. The monoisotopic (exact) mass is 307 g/mol. The van der Waals surface area contributed by atoms with E-state index in [1.165, 1.54) is 0 Å². The predicted octanol–water partition coefficient (Wildman–Crippen LogP) is 2.00. The van der Waals surface area contributed by atoms with E-state index in [0.29, 0.717) is 19.5 Å². The van der Waals surface area contributed by atoms with Gasteiger partial charge in [0.05, 0.1) is 12.9 Å². The van der Waals surface area contributed by atoms with Crippen LogP contribution in [0.3, 0.4) is 0 Å². The molecule has 118 valence electrons. The summed E-state index contributed by atoms with van der Waals surface area (Å²) in [5.41, 5.74) is -0.497. The maximum Gasteiger partial charge on any atom is 0.410 e. The van der Waals surface area contributed by atoms with Crippen LogP contribution in [0.15, 0.2) is 0 Å². The van der Waals surface area contributed by atoms with Crippen molar-refractivity contribution in [2.75, 3.05) is 26.0 Å². The molecule has 0 saturated carbocycles. The number of piperidine rings is 1. The van der Waals surface area contributed by atoms with Gasteiger partial charge in [-0.3, -0.25) is 4.18 Å². The lowest BCUT2D eigenvalue weighted by Crippen LogP contribution is -2.43. The van der Waals surface area contributed by atoms with Crippen LogP contribution in [0, 0.1) is 5.92 Å². The van der Waals surface area contributed by atoms with E-state index in [9.17, 15) is 13.2 Å². The normalized spacial score (nSPS) is 20.8. The molecule has 0 N–H and O–H groups in total. The van der Waals surface area contributed by atoms with E-state index in [0.717, 1.165) is 19.1 Å². The highest BCUT2D eigenvalue weighted by molar-refractivity contribution is 7.85. The number of carbonyl (C=O) groups excluding carboxylic acids is 1. The second-order valence-electron chi connectivity index (χ2n) is 6.25. The number of likely N-dealkylation sites (tertiary alicyclic amines) is 1. The van der Waals surface area contributed by atoms with Crippen LogP contribution in [0.1, 0.15) is 40.0 Å². The summed E-state index contributed by atoms with van der Waals surface area (Å²) in [5, 5.41) is 0. The molecule has 0 aliphatic carbocycles. The maximum atomic E-state index is 12.0. The summed E-state index contributed by atoms with van der Waals surface area (Å²) >= 11 is 0. The Labute approximate surface area is 121 Å². The van der Waals surface area contributed by atoms with E-state index in [-0.39, 0.29) is 18.6 Å². The Morgan fingerprint density at radius 2 is 2.00 bits per heavy atom. The van der Waals surface area contributed by atoms with Gasteiger partial charge in [-0.1, -0.05) is 0 Å². The molecule has 0 radical (unpaired) electrons. The van der Waals surface area contributed by atoms with Crippen LogP contribution in [0.25, 0.3) is 0 Å². The molecule has 0 spiro atoms. The van der Waals surface area contributed by atoms with Gasteiger partial charge in [0.15, 0.2) is 0 Å². The van der Waals surface area contributed by atoms with Crippen molar-refractivity contribution in [2.45, 2.75) is 45.6 Å². The highest BCUT2D eigenvalue weighted by atomic mass is 32.2. The topological polar surface area (TPSA) is 72.9 Å². The summed E-state index contributed by atoms with van der Waals surface area (Å²) in [6.07, 6.45) is 3.26. The molecular formula is C13H25NO5S. The van der Waals surface area contributed by atoms with Gasteiger partial charge >= 0.3 is 6.09 Å². The predicted molar refractivity (Wildman–Crippen MR) is 75.9 cm³/mol. The second-order valence-corrected chi connectivity index (χ2v) is 7.89. The highest BCUT2D eigenvalue weighted by Crippen LogP contribution is 2.21. The van der Waals surface area contributed by atoms with Crippen molar-refractivity contribution in [1.82, 2.24) is 4.90 Å². The van der Waals surface area contributed by atoms with Gasteiger partial charge in [-0.2, -0.15) is 8.42 Å². The van der Waals surface area contributed by atoms with Crippen molar-refractivity contribution in [3.05, 3.63) is 0 Å². The first-order valence-corrected chi connectivity index (χ1v) is 8.71. The Morgan fingerprint density at radius 1 is 1.35 bits per heavy atom. The zero-order valence-corrected chi connectivity index (χ0v) is 13.5. The lowest BCUT2D eigenvalue weighted by Gasteiger charge is -2.34. The van der Waals surface area contributed by atoms with Crippen LogP contribution >= 0.6 is 0 Å². The Morgan fingerprint density at radius 3 is 2.55 bits per heavy atom. The van der Waals surface area contributed by atoms with Crippen LogP contribution in [0.5, 0.6) is 0 Å². The van der Waals surface area contributed by atoms with Crippen molar-refractivity contribution in [2.24, 2.45) is 5.92 Å². The van der Waals surface area contributed by atoms with Crippen LogP contribution < -0.4 is 0 Å². The van der Waals surface area contributed by atoms with Crippen molar-refractivity contribution >= 4 is 16.2 Å². The molecule has 20 heavy (non-hydrogen) atoms. The fraction of sp³-hybridized carbons (Fsp3) is 0.923. The number of ether oxygens (including phenoxy) is 1. The first-order valence-electron chi connectivity index (χ1n) is 6.89. The summed E-state index contributed by atoms with van der Waals surface area (Å²) in [6.45, 7) is 6.98. The summed E-state index contributed by atoms with van der Waals surface area (Å²) in [7, 11) is -3.38. The third-order valence-electron chi connectivity index (χ3n) is 2.99. The zero-order valence-electron chi connectivity index (χ0n) is 12.7. The molecular weight excluding hydrogens is 282 g/mol. The van der Waals surface area contributed by atoms with Crippen molar-refractivity contribution in [3.63, 3.8) is 0 Å². The fourth-order valence-electron chi connectivity index (χ4n) is 2.16. The number of hydrogen-bond acceptors (Lipinski definition) is 5. The van der Waals surface area contributed by atoms with Crippen LogP contribution in [0.2, 0.25) is 0 Å². The average Bonchev–Trinajstić information content (AvgIpc) is 2.25. The lowest BCUT2D eigenvalue weighted by molar-refractivity contribution is 0.0155. The van der Waals surface area contributed by atoms with Gasteiger partial charge in [-0.05, 0) is 46.0 Å². The summed E-state index contributed by atoms with van der Waals surface area (Å²) in [6, 6.07) is 0. The molecule has 1 aliphatic heterocycles. The zero-order chi connectivity index (χ0) is 15.4. The minimum Gasteiger partial charge on any atom is -0.444 e. The Balaban J connectivity index is 2.40. The van der Waals surface area contributed by atoms with E-state index >= 15 is 0 Å². The summed E-state index contributed by atoms with van der Waals surface area (Å²) in [4.78, 5) is 13.7. The number of amides is 1. The molecule has 1 rings (SSSR count). The van der Waals surface area contributed by atoms with Gasteiger partial charge in [0.1, 0.15) is 5.60 Å². The molecule has 0 unspecified atom stereocenters. The van der Waals surface area contributed by atoms with Gasteiger partial charge in [-0.15, -0.1) is 0 Å². The highest BCUT2D eigenvalue weighted by Gasteiger charge is 2.27. The summed E-state index contributed by atoms with van der Waals surface area (Å²) in [5.74, 6) is 0.262. The molecule has 1 heterocycles. The van der Waals surface area contributed by atoms with Gasteiger partial charge in [0.25, 0.3) is 10.1 Å². The largest absolute Gasteiger partial charge is 0.444 e. The lowest BCUT2D eigenvalue weighted by atomic mass is 9.95. The standard InChI is InChI=1S/C13H25NO5S/c1-13(2,3)19-12(15)14-8-5-6-11(10-14)7-9-18-20(4,16)17/h11H,5-10H2,1-4H3/t11-/m0/s1. The number of hydrogen-bond donors (Lipinski definition) is 0. The van der Waals surface area contributed by atoms with Crippen LogP contribution in [-0.2, 0) is 19.0 Å². The number of carbonyl (C=O) groups is 1. The van der Waals surface area contributed by atoms with Crippen molar-refractivity contribution in [1.29, 1.82) is 0 Å². The SMILES string of the molecule is CC(C)(C)OC(=O)N1CCC[C@@H](CCOS(C)(=O)=O)C1. The van der Waals surface area contributed by atoms with Gasteiger partial charge < -0.3 is 9.64 Å². The quantitative estimate of drug-likeness (QED) is 0.743. The van der Waals surface area contributed by atoms with E-state index in [2.05, 4.69) is 0 Å². The number of nitrogens with zero attached hydrogens (tertiary/aromatic N) is 1. The molecule has 0 aromatic carbocycles. The van der Waals surface area contributed by atoms with E-state index < -0.39 is 15.7 Å². The molecule has 1 fully saturated rings. The van der Waals surface area contributed by atoms with Crippen molar-refractivity contribution < 1.29 is 22.1 Å². The first-order chi connectivity index (χ1) is 9.07. The fourth-order valence-corrected chi connectivity index (χ4v) is 2.56. The second kappa shape index (κ2) is 6.76. The van der Waals surface area contributed by atoms with Crippen LogP contribution in [0.4, 0.5) is 4.79 Å². The van der Waals surface area contributed by atoms with Crippen molar-refractivity contribution in [3.8, 4) is 0 Å². The van der Waals surface area contributed by atoms with E-state index in [4.69, 9.17) is 8.92 Å². The smallest absolute Gasteiger partial charge is 0.410 e. The van der Waals surface area contributed by atoms with Gasteiger partial charge in [-0.25, -0.2) is 4.79 Å². The third-order valence-corrected chi connectivity index (χ3v) is 3.59. The summed E-state index contributed by atoms with van der Waals surface area (Å²) < 4.78 is 31.9. The maximum absolute atomic E-state index is 12.0. The molecule has 7 heteroatoms. The Hall–Kier alpha value is -0.820. The van der Waals surface area contributed by atoms with Gasteiger partial charge in [0.2, 0.25) is 0 Å². The third kappa shape index (κ3) is 7.09. The minimum absolute atomic E-state index is 0.172. The molecule has 1 saturated heterocycles. The average molecular weight is 307 g/mol. The molecule has 1 amide bonds. The molecule has 6 nitrogen and oxygen atoms in total. The van der Waals surface area contributed by atoms with E-state index in [1.54, 1.807) is 4.90 Å². The molecule has 1 aliphatic rings. The van der Waals surface area contributed by atoms with Gasteiger partial charge in [0, 0.05) is 13.1 Å².